The van der Waals surface area contributed by atoms with Gasteiger partial charge >= 0.3 is 0 Å². The summed E-state index contributed by atoms with van der Waals surface area (Å²) < 4.78 is 0. The Balaban J connectivity index is 2.63. The zero-order chi connectivity index (χ0) is 11.3. The quantitative estimate of drug-likeness (QED) is 0.683. The molecule has 15 heavy (non-hydrogen) atoms. The highest BCUT2D eigenvalue weighted by Gasteiger charge is 2.07. The molecule has 1 aromatic heterocycles. The van der Waals surface area contributed by atoms with E-state index in [0.29, 0.717) is 19.4 Å². The Bertz CT molecular complexity index is 353. The average molecular weight is 209 g/mol. The van der Waals surface area contributed by atoms with Crippen LogP contribution in [0.25, 0.3) is 0 Å². The molecule has 5 nitrogen and oxygen atoms in total. The van der Waals surface area contributed by atoms with Crippen molar-refractivity contribution in [3.63, 3.8) is 0 Å². The number of aryl methyl sites for hydroxylation is 1. The fourth-order valence-corrected chi connectivity index (χ4v) is 1.10. The van der Waals surface area contributed by atoms with Gasteiger partial charge in [0.2, 0.25) is 5.91 Å². The lowest BCUT2D eigenvalue weighted by Gasteiger charge is -2.06. The minimum absolute atomic E-state index is 0.0262. The first kappa shape index (κ1) is 11.5. The number of nitrogens with two attached hydrogens (primary N) is 1. The summed E-state index contributed by atoms with van der Waals surface area (Å²) in [6, 6.07) is 3.17. The Hall–Kier alpha value is -1.62. The first-order valence-corrected chi connectivity index (χ1v) is 4.80. The minimum atomic E-state index is -0.186. The van der Waals surface area contributed by atoms with Crippen LogP contribution in [0.5, 0.6) is 5.75 Å². The Labute approximate surface area is 88.3 Å². The summed E-state index contributed by atoms with van der Waals surface area (Å²) in [5, 5.41) is 11.9. The van der Waals surface area contributed by atoms with Crippen LogP contribution in [0.4, 0.5) is 5.82 Å². The van der Waals surface area contributed by atoms with Gasteiger partial charge in [-0.25, -0.2) is 4.98 Å². The Kier molecular flexibility index (Phi) is 4.05. The maximum absolute atomic E-state index is 11.3. The number of carbonyl (C=O) groups excluding carboxylic acids is 1. The van der Waals surface area contributed by atoms with Crippen molar-refractivity contribution >= 4 is 11.7 Å². The second-order valence-corrected chi connectivity index (χ2v) is 3.26. The van der Waals surface area contributed by atoms with Crippen molar-refractivity contribution in [1.82, 2.24) is 4.98 Å². The summed E-state index contributed by atoms with van der Waals surface area (Å²) in [5.74, 6) is -0.00688. The maximum atomic E-state index is 11.3. The number of hydrogen-bond acceptors (Lipinski definition) is 4. The molecule has 0 bridgehead atoms. The molecule has 0 aliphatic rings. The monoisotopic (exact) mass is 209 g/mol. The van der Waals surface area contributed by atoms with Gasteiger partial charge in [-0.05, 0) is 32.0 Å². The van der Waals surface area contributed by atoms with E-state index in [1.54, 1.807) is 13.0 Å². The van der Waals surface area contributed by atoms with Crippen LogP contribution >= 0.6 is 0 Å². The van der Waals surface area contributed by atoms with Crippen molar-refractivity contribution in [1.29, 1.82) is 0 Å². The molecule has 0 saturated heterocycles. The van der Waals surface area contributed by atoms with Crippen molar-refractivity contribution in [3.05, 3.63) is 17.8 Å². The van der Waals surface area contributed by atoms with Gasteiger partial charge in [-0.2, -0.15) is 0 Å². The minimum Gasteiger partial charge on any atom is -0.504 e. The molecule has 0 fully saturated rings. The zero-order valence-electron chi connectivity index (χ0n) is 8.66. The van der Waals surface area contributed by atoms with Crippen molar-refractivity contribution in [3.8, 4) is 5.75 Å². The highest BCUT2D eigenvalue weighted by atomic mass is 16.3. The molecule has 4 N–H and O–H groups in total. The third-order valence-electron chi connectivity index (χ3n) is 1.88. The summed E-state index contributed by atoms with van der Waals surface area (Å²) in [6.07, 6.45) is 0.962. The molecule has 0 saturated carbocycles. The molecule has 0 atom stereocenters. The molecular weight excluding hydrogens is 194 g/mol. The molecule has 0 aliphatic carbocycles. The number of aromatic hydroxyl groups is 1. The summed E-state index contributed by atoms with van der Waals surface area (Å²) in [5.41, 5.74) is 6.02. The molecule has 5 heteroatoms. The van der Waals surface area contributed by atoms with E-state index in [-0.39, 0.29) is 17.5 Å². The smallest absolute Gasteiger partial charge is 0.225 e. The zero-order valence-corrected chi connectivity index (χ0v) is 8.66. The lowest BCUT2D eigenvalue weighted by Crippen LogP contribution is -2.14. The Morgan fingerprint density at radius 3 is 3.00 bits per heavy atom. The van der Waals surface area contributed by atoms with Crippen LogP contribution in [0.2, 0.25) is 0 Å². The van der Waals surface area contributed by atoms with E-state index >= 15 is 0 Å². The number of nitrogens with one attached hydrogen (secondary N) is 1. The van der Waals surface area contributed by atoms with E-state index in [4.69, 9.17) is 5.73 Å². The van der Waals surface area contributed by atoms with Crippen LogP contribution in [0, 0.1) is 6.92 Å². The van der Waals surface area contributed by atoms with Crippen LogP contribution < -0.4 is 11.1 Å². The van der Waals surface area contributed by atoms with Gasteiger partial charge in [0.25, 0.3) is 0 Å². The van der Waals surface area contributed by atoms with Crippen LogP contribution in [-0.4, -0.2) is 22.5 Å². The summed E-state index contributed by atoms with van der Waals surface area (Å²) >= 11 is 0. The van der Waals surface area contributed by atoms with E-state index in [9.17, 15) is 9.90 Å². The maximum Gasteiger partial charge on any atom is 0.225 e. The molecule has 1 aromatic rings. The molecule has 82 valence electrons. The van der Waals surface area contributed by atoms with E-state index in [2.05, 4.69) is 10.3 Å². The van der Waals surface area contributed by atoms with Gasteiger partial charge in [-0.3, -0.25) is 4.79 Å². The van der Waals surface area contributed by atoms with E-state index in [1.165, 1.54) is 6.07 Å². The summed E-state index contributed by atoms with van der Waals surface area (Å²) in [6.45, 7) is 2.26. The molecule has 0 aliphatic heterocycles. The highest BCUT2D eigenvalue weighted by Crippen LogP contribution is 2.20. The largest absolute Gasteiger partial charge is 0.504 e. The molecule has 1 amide bonds. The first-order chi connectivity index (χ1) is 7.13. The first-order valence-electron chi connectivity index (χ1n) is 4.80. The van der Waals surface area contributed by atoms with E-state index < -0.39 is 0 Å². The third-order valence-corrected chi connectivity index (χ3v) is 1.88. The summed E-state index contributed by atoms with van der Waals surface area (Å²) in [4.78, 5) is 15.3. The van der Waals surface area contributed by atoms with Crippen LogP contribution in [0.15, 0.2) is 12.1 Å². The van der Waals surface area contributed by atoms with Crippen molar-refractivity contribution in [2.45, 2.75) is 19.8 Å². The number of nitrogens with zero attached hydrogens (tertiary/aromatic N) is 1. The Morgan fingerprint density at radius 2 is 2.33 bits per heavy atom. The predicted molar refractivity (Wildman–Crippen MR) is 57.6 cm³/mol. The van der Waals surface area contributed by atoms with Gasteiger partial charge in [0.1, 0.15) is 0 Å². The fraction of sp³-hybridized carbons (Fsp3) is 0.400. The van der Waals surface area contributed by atoms with Crippen LogP contribution in [-0.2, 0) is 4.79 Å². The van der Waals surface area contributed by atoms with Crippen molar-refractivity contribution in [2.75, 3.05) is 11.9 Å². The number of amides is 1. The van der Waals surface area contributed by atoms with E-state index in [0.717, 1.165) is 5.69 Å². The third kappa shape index (κ3) is 3.55. The molecule has 0 unspecified atom stereocenters. The number of hydrogen-bond donors (Lipinski definition) is 3. The standard InChI is InChI=1S/C10H15N3O2/c1-7-4-5-8(14)10(12-7)13-9(15)3-2-6-11/h4-5,14H,2-3,6,11H2,1H3,(H,12,13,15). The molecule has 1 rings (SSSR count). The van der Waals surface area contributed by atoms with Crippen LogP contribution in [0.1, 0.15) is 18.5 Å². The molecule has 0 spiro atoms. The number of rotatable bonds is 4. The van der Waals surface area contributed by atoms with Gasteiger partial charge in [-0.1, -0.05) is 0 Å². The van der Waals surface area contributed by atoms with Crippen LogP contribution in [0.3, 0.4) is 0 Å². The van der Waals surface area contributed by atoms with Gasteiger partial charge in [0.15, 0.2) is 11.6 Å². The Morgan fingerprint density at radius 1 is 1.60 bits per heavy atom. The summed E-state index contributed by atoms with van der Waals surface area (Å²) in [7, 11) is 0. The normalized spacial score (nSPS) is 10.0. The molecule has 0 radical (unpaired) electrons. The highest BCUT2D eigenvalue weighted by molar-refractivity contribution is 5.90. The van der Waals surface area contributed by atoms with Gasteiger partial charge in [0.05, 0.1) is 0 Å². The number of anilines is 1. The van der Waals surface area contributed by atoms with Crippen molar-refractivity contribution in [2.24, 2.45) is 5.73 Å². The number of pyridine rings is 1. The number of aromatic nitrogens is 1. The van der Waals surface area contributed by atoms with Gasteiger partial charge < -0.3 is 16.2 Å². The molecule has 0 aromatic carbocycles. The second-order valence-electron chi connectivity index (χ2n) is 3.26. The van der Waals surface area contributed by atoms with E-state index in [1.807, 2.05) is 0 Å². The fourth-order valence-electron chi connectivity index (χ4n) is 1.10. The SMILES string of the molecule is Cc1ccc(O)c(NC(=O)CCCN)n1. The number of carbonyl (C=O) groups is 1. The molecule has 1 heterocycles. The van der Waals surface area contributed by atoms with Crippen molar-refractivity contribution < 1.29 is 9.90 Å². The lowest BCUT2D eigenvalue weighted by molar-refractivity contribution is -0.116. The molecular formula is C10H15N3O2. The predicted octanol–water partition coefficient (Wildman–Crippen LogP) is 0.773. The topological polar surface area (TPSA) is 88.2 Å². The average Bonchev–Trinajstić information content (AvgIpc) is 2.20. The van der Waals surface area contributed by atoms with Gasteiger partial charge in [-0.15, -0.1) is 0 Å². The van der Waals surface area contributed by atoms with Gasteiger partial charge in [0, 0.05) is 12.1 Å². The lowest BCUT2D eigenvalue weighted by atomic mass is 10.3. The second kappa shape index (κ2) is 5.31.